The first-order valence-electron chi connectivity index (χ1n) is 7.68. The van der Waals surface area contributed by atoms with Crippen LogP contribution in [-0.2, 0) is 4.79 Å². The van der Waals surface area contributed by atoms with Crippen LogP contribution in [-0.4, -0.2) is 33.9 Å². The Balaban J connectivity index is 2.12. The summed E-state index contributed by atoms with van der Waals surface area (Å²) in [5.41, 5.74) is 2.58. The molecule has 1 aromatic heterocycles. The lowest BCUT2D eigenvalue weighted by atomic mass is 10.0. The van der Waals surface area contributed by atoms with Crippen molar-refractivity contribution in [3.8, 4) is 21.9 Å². The van der Waals surface area contributed by atoms with Crippen molar-refractivity contribution >= 4 is 51.6 Å². The fourth-order valence-corrected chi connectivity index (χ4v) is 4.62. The van der Waals surface area contributed by atoms with Gasteiger partial charge in [-0.2, -0.15) is 0 Å². The molecule has 0 aliphatic carbocycles. The first-order valence-corrected chi connectivity index (χ1v) is 9.78. The zero-order chi connectivity index (χ0) is 18.1. The van der Waals surface area contributed by atoms with Crippen LogP contribution in [0, 0.1) is 6.92 Å². The maximum absolute atomic E-state index is 12.2. The third-order valence-electron chi connectivity index (χ3n) is 3.79. The van der Waals surface area contributed by atoms with E-state index in [0.717, 1.165) is 16.0 Å². The number of aryl methyl sites for hydroxylation is 1. The van der Waals surface area contributed by atoms with Gasteiger partial charge in [-0.25, -0.2) is 0 Å². The van der Waals surface area contributed by atoms with E-state index in [1.54, 1.807) is 30.5 Å². The van der Waals surface area contributed by atoms with Crippen LogP contribution in [0.2, 0.25) is 0 Å². The number of rotatable bonds is 4. The fourth-order valence-electron chi connectivity index (χ4n) is 2.50. The van der Waals surface area contributed by atoms with E-state index in [4.69, 9.17) is 17.0 Å². The Labute approximate surface area is 160 Å². The Bertz CT molecular complexity index is 886. The van der Waals surface area contributed by atoms with Crippen molar-refractivity contribution in [2.24, 2.45) is 0 Å². The smallest absolute Gasteiger partial charge is 0.265 e. The molecule has 0 bridgehead atoms. The number of ether oxygens (including phenoxy) is 1. The second-order valence-electron chi connectivity index (χ2n) is 5.52. The molecule has 0 unspecified atom stereocenters. The Morgan fingerprint density at radius 2 is 2.16 bits per heavy atom. The summed E-state index contributed by atoms with van der Waals surface area (Å²) in [6, 6.07) is 5.63. The zero-order valence-electron chi connectivity index (χ0n) is 14.0. The summed E-state index contributed by atoms with van der Waals surface area (Å²) >= 11 is 8.01. The molecule has 130 valence electrons. The number of carbonyl (C=O) groups excluding carboxylic acids is 1. The lowest BCUT2D eigenvalue weighted by molar-refractivity contribution is -0.121. The number of hydrogen-bond donors (Lipinski definition) is 1. The van der Waals surface area contributed by atoms with Gasteiger partial charge in [-0.05, 0) is 54.6 Å². The Hall–Kier alpha value is -1.83. The predicted octanol–water partition coefficient (Wildman–Crippen LogP) is 4.66. The van der Waals surface area contributed by atoms with E-state index in [-0.39, 0.29) is 11.7 Å². The molecule has 4 nitrogen and oxygen atoms in total. The van der Waals surface area contributed by atoms with Crippen molar-refractivity contribution in [1.82, 2.24) is 4.90 Å². The number of thiocarbonyl (C=S) groups is 1. The molecule has 0 spiro atoms. The van der Waals surface area contributed by atoms with Gasteiger partial charge in [-0.15, -0.1) is 11.3 Å². The van der Waals surface area contributed by atoms with Gasteiger partial charge in [0.05, 0.1) is 11.5 Å². The highest BCUT2D eigenvalue weighted by Crippen LogP contribution is 2.43. The van der Waals surface area contributed by atoms with Crippen molar-refractivity contribution in [3.05, 3.63) is 39.6 Å². The molecule has 0 saturated carbocycles. The molecule has 2 heterocycles. The van der Waals surface area contributed by atoms with E-state index in [1.165, 1.54) is 16.7 Å². The molecule has 0 radical (unpaired) electrons. The molecule has 1 aliphatic heterocycles. The van der Waals surface area contributed by atoms with Gasteiger partial charge in [0.2, 0.25) is 0 Å². The number of thioether (sulfide) groups is 1. The normalized spacial score (nSPS) is 16.1. The van der Waals surface area contributed by atoms with Crippen molar-refractivity contribution in [2.45, 2.75) is 13.8 Å². The van der Waals surface area contributed by atoms with Crippen LogP contribution in [0.15, 0.2) is 28.5 Å². The van der Waals surface area contributed by atoms with Gasteiger partial charge in [0.1, 0.15) is 4.32 Å². The van der Waals surface area contributed by atoms with Crippen LogP contribution in [0.3, 0.4) is 0 Å². The molecule has 2 aromatic rings. The van der Waals surface area contributed by atoms with E-state index in [2.05, 4.69) is 0 Å². The van der Waals surface area contributed by atoms with Gasteiger partial charge in [0.25, 0.3) is 5.91 Å². The quantitative estimate of drug-likeness (QED) is 0.607. The SMILES string of the molecule is CCOc1cc(C=C2SC(=S)N(C)C2=O)cc(-c2sccc2C)c1O. The molecule has 1 aromatic carbocycles. The molecule has 0 atom stereocenters. The van der Waals surface area contributed by atoms with E-state index >= 15 is 0 Å². The van der Waals surface area contributed by atoms with Gasteiger partial charge in [0, 0.05) is 17.5 Å². The highest BCUT2D eigenvalue weighted by molar-refractivity contribution is 8.26. The topological polar surface area (TPSA) is 49.8 Å². The highest BCUT2D eigenvalue weighted by atomic mass is 32.2. The minimum atomic E-state index is -0.116. The molecule has 3 rings (SSSR count). The summed E-state index contributed by atoms with van der Waals surface area (Å²) in [6.45, 7) is 4.31. The molecule has 1 aliphatic rings. The Kier molecular flexibility index (Phi) is 5.17. The lowest BCUT2D eigenvalue weighted by Gasteiger charge is -2.12. The lowest BCUT2D eigenvalue weighted by Crippen LogP contribution is -2.22. The fraction of sp³-hybridized carbons (Fsp3) is 0.222. The van der Waals surface area contributed by atoms with E-state index < -0.39 is 0 Å². The molecule has 1 N–H and O–H groups in total. The number of phenols is 1. The van der Waals surface area contributed by atoms with Crippen LogP contribution in [0.5, 0.6) is 11.5 Å². The number of likely N-dealkylation sites (N-methyl/N-ethyl adjacent to an activating group) is 1. The summed E-state index contributed by atoms with van der Waals surface area (Å²) in [7, 11) is 1.67. The van der Waals surface area contributed by atoms with E-state index in [1.807, 2.05) is 31.4 Å². The second kappa shape index (κ2) is 7.19. The third kappa shape index (κ3) is 3.44. The van der Waals surface area contributed by atoms with Gasteiger partial charge < -0.3 is 9.84 Å². The van der Waals surface area contributed by atoms with Gasteiger partial charge in [-0.1, -0.05) is 24.0 Å². The van der Waals surface area contributed by atoms with Crippen molar-refractivity contribution in [1.29, 1.82) is 0 Å². The van der Waals surface area contributed by atoms with Crippen LogP contribution in [0.4, 0.5) is 0 Å². The van der Waals surface area contributed by atoms with Crippen molar-refractivity contribution in [3.63, 3.8) is 0 Å². The first-order chi connectivity index (χ1) is 11.9. The van der Waals surface area contributed by atoms with E-state index in [9.17, 15) is 9.90 Å². The Morgan fingerprint density at radius 3 is 2.72 bits per heavy atom. The standard InChI is InChI=1S/C18H17NO3S3/c1-4-22-13-8-11(9-14-17(21)19(3)18(23)25-14)7-12(15(13)20)16-10(2)5-6-24-16/h5-9,20H,4H2,1-3H3. The summed E-state index contributed by atoms with van der Waals surface area (Å²) < 4.78 is 6.12. The first kappa shape index (κ1) is 18.0. The highest BCUT2D eigenvalue weighted by Gasteiger charge is 2.29. The van der Waals surface area contributed by atoms with Gasteiger partial charge in [-0.3, -0.25) is 9.69 Å². The average Bonchev–Trinajstić information content (AvgIpc) is 3.10. The van der Waals surface area contributed by atoms with Crippen LogP contribution < -0.4 is 4.74 Å². The van der Waals surface area contributed by atoms with E-state index in [0.29, 0.717) is 27.1 Å². The summed E-state index contributed by atoms with van der Waals surface area (Å²) in [5, 5.41) is 12.6. The van der Waals surface area contributed by atoms with Crippen molar-refractivity contribution < 1.29 is 14.6 Å². The van der Waals surface area contributed by atoms with Gasteiger partial charge in [0.15, 0.2) is 11.5 Å². The predicted molar refractivity (Wildman–Crippen MR) is 108 cm³/mol. The molecule has 1 amide bonds. The number of amides is 1. The average molecular weight is 392 g/mol. The molecule has 1 saturated heterocycles. The second-order valence-corrected chi connectivity index (χ2v) is 8.11. The number of phenolic OH excluding ortho intramolecular Hbond substituents is 1. The Morgan fingerprint density at radius 1 is 1.40 bits per heavy atom. The maximum atomic E-state index is 12.2. The van der Waals surface area contributed by atoms with Gasteiger partial charge >= 0.3 is 0 Å². The zero-order valence-corrected chi connectivity index (χ0v) is 16.5. The summed E-state index contributed by atoms with van der Waals surface area (Å²) in [6.07, 6.45) is 1.79. The molecule has 25 heavy (non-hydrogen) atoms. The van der Waals surface area contributed by atoms with Crippen LogP contribution in [0.25, 0.3) is 16.5 Å². The number of aromatic hydroxyl groups is 1. The van der Waals surface area contributed by atoms with Crippen LogP contribution in [0.1, 0.15) is 18.1 Å². The largest absolute Gasteiger partial charge is 0.504 e. The number of carbonyl (C=O) groups is 1. The summed E-state index contributed by atoms with van der Waals surface area (Å²) in [5.74, 6) is 0.411. The number of nitrogens with zero attached hydrogens (tertiary/aromatic N) is 1. The monoisotopic (exact) mass is 391 g/mol. The van der Waals surface area contributed by atoms with Crippen LogP contribution >= 0.6 is 35.3 Å². The number of hydrogen-bond acceptors (Lipinski definition) is 6. The minimum absolute atomic E-state index is 0.116. The molecular formula is C18H17NO3S3. The summed E-state index contributed by atoms with van der Waals surface area (Å²) in [4.78, 5) is 15.2. The van der Waals surface area contributed by atoms with Crippen molar-refractivity contribution in [2.75, 3.05) is 13.7 Å². The third-order valence-corrected chi connectivity index (χ3v) is 6.32. The number of benzene rings is 1. The number of thiophene rings is 1. The minimum Gasteiger partial charge on any atom is -0.504 e. The molecular weight excluding hydrogens is 374 g/mol. The molecule has 1 fully saturated rings. The molecule has 7 heteroatoms. The maximum Gasteiger partial charge on any atom is 0.265 e.